The van der Waals surface area contributed by atoms with Crippen molar-refractivity contribution < 1.29 is 9.59 Å². The number of aliphatic hydroxyl groups excluding tert-OH is 1. The third kappa shape index (κ3) is 4.96. The summed E-state index contributed by atoms with van der Waals surface area (Å²) in [6, 6.07) is 0. The van der Waals surface area contributed by atoms with E-state index in [-0.39, 0.29) is 6.10 Å². The molecule has 12 heavy (non-hydrogen) atoms. The number of hydrogen-bond acceptors (Lipinski definition) is 1. The van der Waals surface area contributed by atoms with Gasteiger partial charge in [-0.15, -0.1) is 11.6 Å². The molecule has 0 spiro atoms. The Morgan fingerprint density at radius 1 is 1.50 bits per heavy atom. The van der Waals surface area contributed by atoms with E-state index in [0.29, 0.717) is 5.88 Å². The van der Waals surface area contributed by atoms with E-state index < -0.39 is 0 Å². The Kier molecular flexibility index (Phi) is 5.89. The summed E-state index contributed by atoms with van der Waals surface area (Å²) in [5.41, 5.74) is 0. The minimum atomic E-state index is -0.217. The summed E-state index contributed by atoms with van der Waals surface area (Å²) in [5.74, 6) is 0.716. The highest BCUT2D eigenvalue weighted by Gasteiger charge is 2.20. The molecule has 0 saturated carbocycles. The van der Waals surface area contributed by atoms with Gasteiger partial charge in [-0.05, 0) is 13.8 Å². The molecule has 0 aromatic rings. The SMILES string of the molecule is CC[N+](C)(CCCCl)CC(C)O. The predicted octanol–water partition coefficient (Wildman–Crippen LogP) is 1.46. The van der Waals surface area contributed by atoms with Gasteiger partial charge in [0.25, 0.3) is 0 Å². The van der Waals surface area contributed by atoms with Gasteiger partial charge in [0.1, 0.15) is 12.6 Å². The van der Waals surface area contributed by atoms with E-state index in [1.54, 1.807) is 0 Å². The van der Waals surface area contributed by atoms with Crippen LogP contribution >= 0.6 is 11.6 Å². The molecule has 0 aliphatic heterocycles. The van der Waals surface area contributed by atoms with E-state index >= 15 is 0 Å². The van der Waals surface area contributed by atoms with Gasteiger partial charge in [0.15, 0.2) is 0 Å². The van der Waals surface area contributed by atoms with E-state index in [1.807, 2.05) is 6.92 Å². The van der Waals surface area contributed by atoms with Crippen LogP contribution in [0.15, 0.2) is 0 Å². The van der Waals surface area contributed by atoms with E-state index in [2.05, 4.69) is 14.0 Å². The quantitative estimate of drug-likeness (QED) is 0.502. The van der Waals surface area contributed by atoms with Crippen LogP contribution in [-0.2, 0) is 0 Å². The maximum absolute atomic E-state index is 9.27. The summed E-state index contributed by atoms with van der Waals surface area (Å²) < 4.78 is 0.921. The monoisotopic (exact) mass is 194 g/mol. The standard InChI is InChI=1S/C9H21ClNO/c1-4-11(3,7-5-6-10)8-9(2)12/h9,12H,4-8H2,1-3H3/q+1. The molecule has 74 valence electrons. The summed E-state index contributed by atoms with van der Waals surface area (Å²) in [6.07, 6.45) is 0.809. The summed E-state index contributed by atoms with van der Waals surface area (Å²) in [4.78, 5) is 0. The first-order chi connectivity index (χ1) is 5.54. The molecule has 0 bridgehead atoms. The lowest BCUT2D eigenvalue weighted by Crippen LogP contribution is -2.48. The zero-order valence-corrected chi connectivity index (χ0v) is 9.14. The first-order valence-electron chi connectivity index (χ1n) is 4.61. The lowest BCUT2D eigenvalue weighted by atomic mass is 10.2. The molecule has 0 aliphatic carbocycles. The minimum Gasteiger partial charge on any atom is -0.388 e. The van der Waals surface area contributed by atoms with Crippen molar-refractivity contribution in [3.63, 3.8) is 0 Å². The van der Waals surface area contributed by atoms with Gasteiger partial charge in [-0.25, -0.2) is 0 Å². The van der Waals surface area contributed by atoms with Crippen LogP contribution in [0.5, 0.6) is 0 Å². The fourth-order valence-electron chi connectivity index (χ4n) is 1.46. The van der Waals surface area contributed by atoms with Crippen LogP contribution in [0.25, 0.3) is 0 Å². The average Bonchev–Trinajstić information content (AvgIpc) is 2.00. The van der Waals surface area contributed by atoms with Crippen molar-refractivity contribution in [1.29, 1.82) is 0 Å². The van der Waals surface area contributed by atoms with Gasteiger partial charge in [0.2, 0.25) is 0 Å². The maximum atomic E-state index is 9.27. The topological polar surface area (TPSA) is 20.2 Å². The average molecular weight is 195 g/mol. The fourth-order valence-corrected chi connectivity index (χ4v) is 1.58. The number of alkyl halides is 1. The number of halogens is 1. The van der Waals surface area contributed by atoms with Crippen molar-refractivity contribution in [1.82, 2.24) is 0 Å². The van der Waals surface area contributed by atoms with Crippen LogP contribution < -0.4 is 0 Å². The molecule has 0 amide bonds. The molecular weight excluding hydrogens is 174 g/mol. The fraction of sp³-hybridized carbons (Fsp3) is 1.00. The van der Waals surface area contributed by atoms with Crippen LogP contribution in [0.3, 0.4) is 0 Å². The molecule has 0 saturated heterocycles. The molecule has 0 heterocycles. The van der Waals surface area contributed by atoms with Crippen LogP contribution in [0.1, 0.15) is 20.3 Å². The first-order valence-corrected chi connectivity index (χ1v) is 5.15. The largest absolute Gasteiger partial charge is 0.388 e. The number of quaternary nitrogens is 1. The molecule has 0 rings (SSSR count). The van der Waals surface area contributed by atoms with Crippen molar-refractivity contribution in [2.24, 2.45) is 0 Å². The van der Waals surface area contributed by atoms with Crippen LogP contribution in [-0.4, -0.2) is 48.3 Å². The molecule has 2 unspecified atom stereocenters. The van der Waals surface area contributed by atoms with Crippen LogP contribution in [0.2, 0.25) is 0 Å². The molecular formula is C9H21ClNO+. The van der Waals surface area contributed by atoms with E-state index in [4.69, 9.17) is 11.6 Å². The van der Waals surface area contributed by atoms with Gasteiger partial charge < -0.3 is 9.59 Å². The van der Waals surface area contributed by atoms with Gasteiger partial charge in [-0.2, -0.15) is 0 Å². The molecule has 2 nitrogen and oxygen atoms in total. The third-order valence-corrected chi connectivity index (χ3v) is 2.57. The predicted molar refractivity (Wildman–Crippen MR) is 53.5 cm³/mol. The molecule has 2 atom stereocenters. The van der Waals surface area contributed by atoms with E-state index in [1.165, 1.54) is 0 Å². The minimum absolute atomic E-state index is 0.217. The summed E-state index contributed by atoms with van der Waals surface area (Å²) >= 11 is 5.63. The smallest absolute Gasteiger partial charge is 0.104 e. The first kappa shape index (κ1) is 12.2. The Morgan fingerprint density at radius 2 is 2.08 bits per heavy atom. The number of nitrogens with zero attached hydrogens (tertiary/aromatic N) is 1. The number of hydrogen-bond donors (Lipinski definition) is 1. The van der Waals surface area contributed by atoms with Gasteiger partial charge in [0.05, 0.1) is 20.1 Å². The third-order valence-electron chi connectivity index (χ3n) is 2.30. The van der Waals surface area contributed by atoms with Crippen molar-refractivity contribution in [3.8, 4) is 0 Å². The van der Waals surface area contributed by atoms with Crippen molar-refractivity contribution in [3.05, 3.63) is 0 Å². The van der Waals surface area contributed by atoms with Gasteiger partial charge in [-0.1, -0.05) is 0 Å². The molecule has 3 heteroatoms. The molecule has 0 fully saturated rings. The maximum Gasteiger partial charge on any atom is 0.104 e. The second-order valence-electron chi connectivity index (χ2n) is 3.73. The Balaban J connectivity index is 3.86. The highest BCUT2D eigenvalue weighted by molar-refractivity contribution is 6.17. The Bertz CT molecular complexity index is 119. The Labute approximate surface area is 80.7 Å². The summed E-state index contributed by atoms with van der Waals surface area (Å²) in [6.45, 7) is 6.93. The Morgan fingerprint density at radius 3 is 2.42 bits per heavy atom. The normalized spacial score (nSPS) is 18.8. The van der Waals surface area contributed by atoms with Crippen molar-refractivity contribution >= 4 is 11.6 Å². The molecule has 1 N–H and O–H groups in total. The lowest BCUT2D eigenvalue weighted by molar-refractivity contribution is -0.910. The van der Waals surface area contributed by atoms with Gasteiger partial charge in [0, 0.05) is 12.3 Å². The number of aliphatic hydroxyl groups is 1. The lowest BCUT2D eigenvalue weighted by Gasteiger charge is -2.34. The highest BCUT2D eigenvalue weighted by Crippen LogP contribution is 2.06. The molecule has 0 aliphatic rings. The molecule has 0 aromatic carbocycles. The summed E-state index contributed by atoms with van der Waals surface area (Å²) in [5, 5.41) is 9.27. The summed E-state index contributed by atoms with van der Waals surface area (Å²) in [7, 11) is 2.17. The van der Waals surface area contributed by atoms with Gasteiger partial charge >= 0.3 is 0 Å². The number of likely N-dealkylation sites (N-methyl/N-ethyl adjacent to an activating group) is 1. The van der Waals surface area contributed by atoms with Gasteiger partial charge in [-0.3, -0.25) is 0 Å². The zero-order valence-electron chi connectivity index (χ0n) is 8.39. The van der Waals surface area contributed by atoms with Crippen molar-refractivity contribution in [2.75, 3.05) is 32.6 Å². The second kappa shape index (κ2) is 5.79. The van der Waals surface area contributed by atoms with E-state index in [9.17, 15) is 5.11 Å². The second-order valence-corrected chi connectivity index (χ2v) is 4.11. The van der Waals surface area contributed by atoms with Crippen molar-refractivity contribution in [2.45, 2.75) is 26.4 Å². The van der Waals surface area contributed by atoms with E-state index in [0.717, 1.165) is 30.5 Å². The molecule has 0 radical (unpaired) electrons. The highest BCUT2D eigenvalue weighted by atomic mass is 35.5. The van der Waals surface area contributed by atoms with Crippen LogP contribution in [0, 0.1) is 0 Å². The number of rotatable bonds is 6. The zero-order chi connectivity index (χ0) is 9.61. The Hall–Kier alpha value is 0.210. The van der Waals surface area contributed by atoms with Crippen LogP contribution in [0.4, 0.5) is 0 Å². The molecule has 0 aromatic heterocycles.